The van der Waals surface area contributed by atoms with Crippen LogP contribution in [0.1, 0.15) is 24.0 Å². The van der Waals surface area contributed by atoms with Crippen LogP contribution in [0.4, 0.5) is 5.69 Å². The van der Waals surface area contributed by atoms with E-state index >= 15 is 0 Å². The van der Waals surface area contributed by atoms with Gasteiger partial charge in [-0.2, -0.15) is 0 Å². The van der Waals surface area contributed by atoms with Crippen LogP contribution < -0.4 is 16.0 Å². The highest BCUT2D eigenvalue weighted by atomic mass is 16.2. The molecule has 2 aromatic rings. The third-order valence-electron chi connectivity index (χ3n) is 4.69. The van der Waals surface area contributed by atoms with Crippen molar-refractivity contribution in [2.45, 2.75) is 31.7 Å². The largest absolute Gasteiger partial charge is 0.355 e. The lowest BCUT2D eigenvalue weighted by atomic mass is 10.1. The van der Waals surface area contributed by atoms with Gasteiger partial charge in [-0.15, -0.1) is 0 Å². The second-order valence-corrected chi connectivity index (χ2v) is 6.61. The van der Waals surface area contributed by atoms with E-state index in [1.165, 1.54) is 5.56 Å². The van der Waals surface area contributed by atoms with E-state index in [1.807, 2.05) is 53.4 Å². The Bertz CT molecular complexity index is 761. The van der Waals surface area contributed by atoms with Crippen LogP contribution >= 0.6 is 0 Å². The van der Waals surface area contributed by atoms with Gasteiger partial charge < -0.3 is 16.0 Å². The van der Waals surface area contributed by atoms with Crippen LogP contribution in [-0.4, -0.2) is 30.9 Å². The SMILES string of the molecule is N[C@@H](Cc1ccccc1)C(=O)NCCCC(=O)N1CCc2ccccc21. The van der Waals surface area contributed by atoms with Gasteiger partial charge in [-0.05, 0) is 36.5 Å². The Morgan fingerprint density at radius 1 is 1.08 bits per heavy atom. The van der Waals surface area contributed by atoms with Gasteiger partial charge in [0.25, 0.3) is 0 Å². The molecule has 5 nitrogen and oxygen atoms in total. The zero-order valence-corrected chi connectivity index (χ0v) is 14.9. The van der Waals surface area contributed by atoms with E-state index in [4.69, 9.17) is 5.73 Å². The van der Waals surface area contributed by atoms with Crippen molar-refractivity contribution in [3.8, 4) is 0 Å². The summed E-state index contributed by atoms with van der Waals surface area (Å²) in [5, 5.41) is 2.83. The summed E-state index contributed by atoms with van der Waals surface area (Å²) in [5.74, 6) is -0.0643. The number of nitrogens with two attached hydrogens (primary N) is 1. The van der Waals surface area contributed by atoms with Gasteiger partial charge in [-0.3, -0.25) is 9.59 Å². The molecule has 2 amide bonds. The van der Waals surface area contributed by atoms with Crippen molar-refractivity contribution in [2.24, 2.45) is 5.73 Å². The van der Waals surface area contributed by atoms with E-state index in [0.717, 1.165) is 24.2 Å². The van der Waals surface area contributed by atoms with Gasteiger partial charge in [0, 0.05) is 25.2 Å². The van der Waals surface area contributed by atoms with Gasteiger partial charge in [0.15, 0.2) is 0 Å². The summed E-state index contributed by atoms with van der Waals surface area (Å²) >= 11 is 0. The average molecular weight is 351 g/mol. The Balaban J connectivity index is 1.39. The predicted octanol–water partition coefficient (Wildman–Crippen LogP) is 2.04. The Hall–Kier alpha value is -2.66. The standard InChI is InChI=1S/C21H25N3O2/c22-18(15-16-7-2-1-3-8-16)21(26)23-13-6-11-20(25)24-14-12-17-9-4-5-10-19(17)24/h1-5,7-10,18H,6,11-15,22H2,(H,23,26)/t18-/m0/s1. The maximum atomic E-state index is 12.4. The molecule has 0 aromatic heterocycles. The molecular formula is C21H25N3O2. The summed E-state index contributed by atoms with van der Waals surface area (Å²) in [6, 6.07) is 17.2. The predicted molar refractivity (Wildman–Crippen MR) is 103 cm³/mol. The zero-order valence-electron chi connectivity index (χ0n) is 14.9. The molecule has 0 bridgehead atoms. The van der Waals surface area contributed by atoms with Crippen molar-refractivity contribution >= 4 is 17.5 Å². The number of carbonyl (C=O) groups is 2. The van der Waals surface area contributed by atoms with Gasteiger partial charge in [0.05, 0.1) is 6.04 Å². The Morgan fingerprint density at radius 3 is 2.62 bits per heavy atom. The highest BCUT2D eigenvalue weighted by Crippen LogP contribution is 2.27. The lowest BCUT2D eigenvalue weighted by Gasteiger charge is -2.17. The lowest BCUT2D eigenvalue weighted by Crippen LogP contribution is -2.42. The molecule has 0 fully saturated rings. The highest BCUT2D eigenvalue weighted by Gasteiger charge is 2.23. The van der Waals surface area contributed by atoms with Crippen LogP contribution in [0.5, 0.6) is 0 Å². The quantitative estimate of drug-likeness (QED) is 0.750. The number of amides is 2. The number of carbonyl (C=O) groups excluding carboxylic acids is 2. The number of nitrogens with one attached hydrogen (secondary N) is 1. The van der Waals surface area contributed by atoms with Gasteiger partial charge in [0.1, 0.15) is 0 Å². The van der Waals surface area contributed by atoms with Gasteiger partial charge in [-0.25, -0.2) is 0 Å². The number of para-hydroxylation sites is 1. The molecule has 1 aliphatic heterocycles. The Labute approximate surface area is 154 Å². The molecule has 0 radical (unpaired) electrons. The van der Waals surface area contributed by atoms with Gasteiger partial charge in [0.2, 0.25) is 11.8 Å². The monoisotopic (exact) mass is 351 g/mol. The summed E-state index contributed by atoms with van der Waals surface area (Å²) in [6.45, 7) is 1.20. The van der Waals surface area contributed by atoms with E-state index in [9.17, 15) is 9.59 Å². The maximum absolute atomic E-state index is 12.4. The second-order valence-electron chi connectivity index (χ2n) is 6.61. The van der Waals surface area contributed by atoms with Gasteiger partial charge in [-0.1, -0.05) is 48.5 Å². The molecule has 0 spiro atoms. The fraction of sp³-hybridized carbons (Fsp3) is 0.333. The normalized spacial score (nSPS) is 14.0. The Kier molecular flexibility index (Phi) is 6.02. The Morgan fingerprint density at radius 2 is 1.81 bits per heavy atom. The summed E-state index contributed by atoms with van der Waals surface area (Å²) in [7, 11) is 0. The van der Waals surface area contributed by atoms with Crippen molar-refractivity contribution in [3.05, 3.63) is 65.7 Å². The number of anilines is 1. The third kappa shape index (κ3) is 4.49. The fourth-order valence-corrected chi connectivity index (χ4v) is 3.28. The first-order valence-corrected chi connectivity index (χ1v) is 9.10. The molecule has 1 atom stereocenters. The van der Waals surface area contributed by atoms with Crippen molar-refractivity contribution < 1.29 is 9.59 Å². The topological polar surface area (TPSA) is 75.4 Å². The molecule has 2 aromatic carbocycles. The van der Waals surface area contributed by atoms with Crippen molar-refractivity contribution in [1.29, 1.82) is 0 Å². The molecule has 0 aliphatic carbocycles. The summed E-state index contributed by atoms with van der Waals surface area (Å²) in [4.78, 5) is 26.3. The van der Waals surface area contributed by atoms with Crippen molar-refractivity contribution in [2.75, 3.05) is 18.0 Å². The minimum Gasteiger partial charge on any atom is -0.355 e. The minimum atomic E-state index is -0.571. The van der Waals surface area contributed by atoms with Crippen LogP contribution in [-0.2, 0) is 22.4 Å². The number of hydrogen-bond donors (Lipinski definition) is 2. The first-order valence-electron chi connectivity index (χ1n) is 9.10. The van der Waals surface area contributed by atoms with E-state index in [-0.39, 0.29) is 11.8 Å². The zero-order chi connectivity index (χ0) is 18.4. The summed E-state index contributed by atoms with van der Waals surface area (Å²) in [6.07, 6.45) is 2.45. The van der Waals surface area contributed by atoms with Crippen LogP contribution in [0.25, 0.3) is 0 Å². The number of hydrogen-bond acceptors (Lipinski definition) is 3. The second kappa shape index (κ2) is 8.63. The van der Waals surface area contributed by atoms with Gasteiger partial charge >= 0.3 is 0 Å². The minimum absolute atomic E-state index is 0.109. The maximum Gasteiger partial charge on any atom is 0.237 e. The lowest BCUT2D eigenvalue weighted by molar-refractivity contribution is -0.123. The molecule has 1 heterocycles. The van der Waals surface area contributed by atoms with Crippen molar-refractivity contribution in [1.82, 2.24) is 5.32 Å². The molecule has 0 unspecified atom stereocenters. The third-order valence-corrected chi connectivity index (χ3v) is 4.69. The smallest absolute Gasteiger partial charge is 0.237 e. The van der Waals surface area contributed by atoms with Crippen molar-refractivity contribution in [3.63, 3.8) is 0 Å². The van der Waals surface area contributed by atoms with E-state index in [2.05, 4.69) is 11.4 Å². The molecular weight excluding hydrogens is 326 g/mol. The molecule has 0 saturated heterocycles. The van der Waals surface area contributed by atoms with E-state index < -0.39 is 6.04 Å². The molecule has 1 aliphatic rings. The average Bonchev–Trinajstić information content (AvgIpc) is 3.10. The van der Waals surface area contributed by atoms with Crippen LogP contribution in [0.2, 0.25) is 0 Å². The molecule has 3 N–H and O–H groups in total. The number of benzene rings is 2. The number of nitrogens with zero attached hydrogens (tertiary/aromatic N) is 1. The van der Waals surface area contributed by atoms with Crippen LogP contribution in [0, 0.1) is 0 Å². The molecule has 26 heavy (non-hydrogen) atoms. The van der Waals surface area contributed by atoms with Crippen LogP contribution in [0.15, 0.2) is 54.6 Å². The number of rotatable bonds is 7. The van der Waals surface area contributed by atoms with E-state index in [0.29, 0.717) is 25.8 Å². The number of fused-ring (bicyclic) bond motifs is 1. The van der Waals surface area contributed by atoms with Crippen LogP contribution in [0.3, 0.4) is 0 Å². The fourth-order valence-electron chi connectivity index (χ4n) is 3.28. The first kappa shape index (κ1) is 18.1. The molecule has 136 valence electrons. The molecule has 3 rings (SSSR count). The highest BCUT2D eigenvalue weighted by molar-refractivity contribution is 5.95. The summed E-state index contributed by atoms with van der Waals surface area (Å²) < 4.78 is 0. The molecule has 0 saturated carbocycles. The molecule has 5 heteroatoms. The van der Waals surface area contributed by atoms with E-state index in [1.54, 1.807) is 0 Å². The summed E-state index contributed by atoms with van der Waals surface area (Å²) in [5.41, 5.74) is 9.24. The first-order chi connectivity index (χ1) is 12.6.